The number of hydrogen-bond acceptors (Lipinski definition) is 14. The Bertz CT molecular complexity index is 2240. The van der Waals surface area contributed by atoms with Crippen molar-refractivity contribution in [2.75, 3.05) is 13.2 Å². The van der Waals surface area contributed by atoms with Crippen molar-refractivity contribution in [2.24, 2.45) is 0 Å². The van der Waals surface area contributed by atoms with E-state index in [1.165, 1.54) is 43.6 Å². The molecule has 17 heteroatoms. The van der Waals surface area contributed by atoms with Crippen LogP contribution in [0.25, 0.3) is 32.2 Å². The zero-order chi connectivity index (χ0) is 40.8. The number of ketones is 2. The van der Waals surface area contributed by atoms with E-state index in [-0.39, 0.29) is 34.6 Å². The quantitative estimate of drug-likeness (QED) is 0.0633. The van der Waals surface area contributed by atoms with Crippen LogP contribution in [0.15, 0.2) is 85.2 Å². The average molecular weight is 804 g/mol. The Morgan fingerprint density at radius 2 is 1.24 bits per heavy atom. The number of nitriles is 2. The number of carbonyl (C=O) groups is 3. The number of Topliss-reactive ketones (excluding diaryl/α,β-unsaturated/α-hetero) is 2. The van der Waals surface area contributed by atoms with Crippen molar-refractivity contribution in [3.05, 3.63) is 131 Å². The Kier molecular flexibility index (Phi) is 18.3. The first-order valence-corrected chi connectivity index (χ1v) is 16.9. The summed E-state index contributed by atoms with van der Waals surface area (Å²) in [5.74, 6) is 0.425. The zero-order valence-corrected chi connectivity index (χ0v) is 31.0. The van der Waals surface area contributed by atoms with Crippen LogP contribution in [-0.2, 0) is 12.5 Å². The van der Waals surface area contributed by atoms with E-state index >= 15 is 0 Å². The van der Waals surface area contributed by atoms with E-state index < -0.39 is 27.4 Å². The van der Waals surface area contributed by atoms with Crippen LogP contribution in [0.3, 0.4) is 0 Å². The summed E-state index contributed by atoms with van der Waals surface area (Å²) in [5, 5.41) is 26.5. The fourth-order valence-electron chi connectivity index (χ4n) is 4.08. The molecule has 0 amide bonds. The SMILES string of the molecule is CC(=O)Oc1ccc(C(=O)CO)cc1.CCOc1ccc(C(C)=O)cc1.O=[Se]=O.[C-]#[N+]c1ncc(-c2ccc(-c3cnc(C#N)c(C#N)n3)cc2)nc1[N+]#[C-]. The van der Waals surface area contributed by atoms with Crippen LogP contribution in [0, 0.1) is 35.8 Å². The van der Waals surface area contributed by atoms with E-state index in [1.807, 2.05) is 19.1 Å². The minimum absolute atomic E-state index is 0.0188. The summed E-state index contributed by atoms with van der Waals surface area (Å²) in [7, 11) is 0. The van der Waals surface area contributed by atoms with Gasteiger partial charge in [-0.05, 0) is 74.5 Å². The molecule has 0 saturated carbocycles. The van der Waals surface area contributed by atoms with Crippen molar-refractivity contribution in [1.29, 1.82) is 10.5 Å². The first kappa shape index (κ1) is 43.6. The largest absolute Gasteiger partial charge is 0.370 e. The molecule has 0 unspecified atom stereocenters. The molecule has 0 aliphatic carbocycles. The predicted octanol–water partition coefficient (Wildman–Crippen LogP) is 5.90. The number of hydrogen-bond donors (Lipinski definition) is 1. The Morgan fingerprint density at radius 1 is 0.745 bits per heavy atom. The summed E-state index contributed by atoms with van der Waals surface area (Å²) in [6.07, 6.45) is 2.86. The molecule has 0 fully saturated rings. The van der Waals surface area contributed by atoms with E-state index in [1.54, 1.807) is 55.5 Å². The molecule has 0 bridgehead atoms. The Hall–Kier alpha value is -7.53. The molecule has 0 atom stereocenters. The maximum Gasteiger partial charge on any atom is 0.294 e. The molecule has 55 heavy (non-hydrogen) atoms. The normalized spacial score (nSPS) is 9.16. The summed E-state index contributed by atoms with van der Waals surface area (Å²) in [6, 6.07) is 23.9. The topological polar surface area (TPSA) is 232 Å². The number of rotatable bonds is 8. The molecule has 274 valence electrons. The van der Waals surface area contributed by atoms with E-state index in [9.17, 15) is 14.4 Å². The number of carbonyl (C=O) groups excluding carboxylic acids is 3. The van der Waals surface area contributed by atoms with Gasteiger partial charge in [-0.3, -0.25) is 14.4 Å². The Balaban J connectivity index is 0.000000303. The molecular formula is C38H28N8O8Se. The van der Waals surface area contributed by atoms with Crippen molar-refractivity contribution >= 4 is 44.0 Å². The molecule has 0 radical (unpaired) electrons. The molecule has 1 N–H and O–H groups in total. The number of esters is 1. The van der Waals surface area contributed by atoms with Crippen LogP contribution in [0.1, 0.15) is 52.9 Å². The number of aliphatic hydroxyl groups excluding tert-OH is 1. The number of ether oxygens (including phenoxy) is 2. The second kappa shape index (κ2) is 23.1. The van der Waals surface area contributed by atoms with Crippen LogP contribution in [0.4, 0.5) is 11.6 Å². The molecule has 2 heterocycles. The third-order valence-electron chi connectivity index (χ3n) is 6.56. The van der Waals surface area contributed by atoms with Gasteiger partial charge in [-0.1, -0.05) is 25.3 Å². The maximum absolute atomic E-state index is 11.0. The fraction of sp³-hybridized carbons (Fsp3) is 0.132. The van der Waals surface area contributed by atoms with Crippen LogP contribution < -0.4 is 9.47 Å². The molecule has 0 aliphatic rings. The summed E-state index contributed by atoms with van der Waals surface area (Å²) < 4.78 is 26.9. The van der Waals surface area contributed by atoms with Gasteiger partial charge >= 0.3 is 28.5 Å². The predicted molar refractivity (Wildman–Crippen MR) is 194 cm³/mol. The summed E-state index contributed by atoms with van der Waals surface area (Å²) in [4.78, 5) is 55.0. The minimum atomic E-state index is -1.62. The van der Waals surface area contributed by atoms with Crippen LogP contribution in [0.5, 0.6) is 11.5 Å². The molecule has 3 aromatic carbocycles. The van der Waals surface area contributed by atoms with Gasteiger partial charge in [0, 0.05) is 29.2 Å². The first-order valence-electron chi connectivity index (χ1n) is 15.5. The van der Waals surface area contributed by atoms with Gasteiger partial charge in [0.15, 0.2) is 29.2 Å². The second-order valence-corrected chi connectivity index (χ2v) is 10.4. The van der Waals surface area contributed by atoms with Crippen LogP contribution >= 0.6 is 0 Å². The van der Waals surface area contributed by atoms with Gasteiger partial charge < -0.3 is 24.3 Å². The number of aromatic nitrogens is 4. The number of benzene rings is 3. The monoisotopic (exact) mass is 804 g/mol. The van der Waals surface area contributed by atoms with Gasteiger partial charge in [0.05, 0.1) is 18.5 Å². The summed E-state index contributed by atoms with van der Waals surface area (Å²) >= 11 is -1.62. The maximum atomic E-state index is 11.0. The second-order valence-electron chi connectivity index (χ2n) is 10.2. The van der Waals surface area contributed by atoms with Crippen LogP contribution in [-0.4, -0.2) is 70.6 Å². The Labute approximate surface area is 320 Å². The minimum Gasteiger partial charge on any atom is -0.370 e. The third-order valence-corrected chi connectivity index (χ3v) is 6.56. The first-order chi connectivity index (χ1) is 26.5. The summed E-state index contributed by atoms with van der Waals surface area (Å²) in [6.45, 7) is 19.0. The van der Waals surface area contributed by atoms with E-state index in [4.69, 9.17) is 45.9 Å². The fourth-order valence-corrected chi connectivity index (χ4v) is 4.08. The van der Waals surface area contributed by atoms with Gasteiger partial charge in [0.2, 0.25) is 5.69 Å². The molecule has 0 spiro atoms. The van der Waals surface area contributed by atoms with Crippen molar-refractivity contribution in [1.82, 2.24) is 19.9 Å². The van der Waals surface area contributed by atoms with Gasteiger partial charge in [-0.25, -0.2) is 9.97 Å². The van der Waals surface area contributed by atoms with Gasteiger partial charge in [-0.15, -0.1) is 9.97 Å². The molecule has 0 saturated heterocycles. The molecule has 5 aromatic rings. The molecule has 2 aromatic heterocycles. The molecular weight excluding hydrogens is 775 g/mol. The van der Waals surface area contributed by atoms with Crippen LogP contribution in [0.2, 0.25) is 0 Å². The van der Waals surface area contributed by atoms with E-state index in [0.29, 0.717) is 40.4 Å². The zero-order valence-electron chi connectivity index (χ0n) is 29.3. The average Bonchev–Trinajstić information content (AvgIpc) is 3.21. The van der Waals surface area contributed by atoms with E-state index in [0.717, 1.165) is 11.3 Å². The third kappa shape index (κ3) is 13.8. The van der Waals surface area contributed by atoms with Crippen molar-refractivity contribution in [3.8, 4) is 46.2 Å². The van der Waals surface area contributed by atoms with Crippen molar-refractivity contribution in [2.45, 2.75) is 20.8 Å². The number of nitrogens with zero attached hydrogens (tertiary/aromatic N) is 8. The molecule has 16 nitrogen and oxygen atoms in total. The number of aliphatic hydroxyl groups is 1. The van der Waals surface area contributed by atoms with Crippen molar-refractivity contribution in [3.63, 3.8) is 0 Å². The standard InChI is InChI=1S/C18H6N8.C10H10O4.C10H12O2.O2Se/c1-21-17-18(22-2)26-16(10-24-17)12-5-3-11(4-6-12)15-9-23-13(7-19)14(8-20)25-15;1-7(12)14-9-4-2-8(3-5-9)10(13)6-11;1-3-12-10-6-4-9(5-7-10)8(2)11;1-3-2/h3-6,9-10H;2-5,11H,6H2,1H3;4-7H,3H2,1-2H3;. The Morgan fingerprint density at radius 3 is 1.69 bits per heavy atom. The van der Waals surface area contributed by atoms with Gasteiger partial charge in [0.1, 0.15) is 30.2 Å². The molecule has 5 rings (SSSR count). The molecule has 0 aliphatic heterocycles. The van der Waals surface area contributed by atoms with E-state index in [2.05, 4.69) is 29.6 Å². The van der Waals surface area contributed by atoms with Gasteiger partial charge in [-0.2, -0.15) is 10.5 Å². The smallest absolute Gasteiger partial charge is 0.294 e. The van der Waals surface area contributed by atoms with Gasteiger partial charge in [0.25, 0.3) is 11.6 Å². The van der Waals surface area contributed by atoms with Crippen molar-refractivity contribution < 1.29 is 36.6 Å². The summed E-state index contributed by atoms with van der Waals surface area (Å²) in [5.41, 5.74) is 3.41.